The molecule has 2 rings (SSSR count). The lowest BCUT2D eigenvalue weighted by molar-refractivity contribution is 0.401. The molecule has 0 aromatic heterocycles. The Morgan fingerprint density at radius 1 is 1.00 bits per heavy atom. The van der Waals surface area contributed by atoms with Crippen LogP contribution in [0.3, 0.4) is 0 Å². The van der Waals surface area contributed by atoms with Crippen molar-refractivity contribution in [3.63, 3.8) is 0 Å². The van der Waals surface area contributed by atoms with Crippen molar-refractivity contribution in [3.8, 4) is 0 Å². The minimum Gasteiger partial charge on any atom is -0.512 e. The summed E-state index contributed by atoms with van der Waals surface area (Å²) in [6.45, 7) is 0. The van der Waals surface area contributed by atoms with Crippen molar-refractivity contribution >= 4 is 0 Å². The van der Waals surface area contributed by atoms with E-state index in [9.17, 15) is 5.11 Å². The summed E-state index contributed by atoms with van der Waals surface area (Å²) in [5.41, 5.74) is 2.47. The summed E-state index contributed by atoms with van der Waals surface area (Å²) in [7, 11) is 0. The van der Waals surface area contributed by atoms with Gasteiger partial charge in [-0.3, -0.25) is 0 Å². The normalized spacial score (nSPS) is 23.2. The van der Waals surface area contributed by atoms with Crippen molar-refractivity contribution in [3.05, 3.63) is 83.7 Å². The molecule has 0 aromatic carbocycles. The van der Waals surface area contributed by atoms with E-state index >= 15 is 0 Å². The van der Waals surface area contributed by atoms with Crippen molar-refractivity contribution in [2.45, 2.75) is 19.3 Å². The Kier molecular flexibility index (Phi) is 4.60. The zero-order valence-electron chi connectivity index (χ0n) is 10.4. The van der Waals surface area contributed by atoms with Crippen LogP contribution in [0.15, 0.2) is 83.7 Å². The monoisotopic (exact) mass is 238 g/mol. The molecule has 18 heavy (non-hydrogen) atoms. The van der Waals surface area contributed by atoms with E-state index in [1.165, 1.54) is 11.1 Å². The van der Waals surface area contributed by atoms with Gasteiger partial charge in [0.25, 0.3) is 0 Å². The van der Waals surface area contributed by atoms with Crippen LogP contribution in [-0.4, -0.2) is 5.11 Å². The van der Waals surface area contributed by atoms with Crippen LogP contribution in [0.5, 0.6) is 0 Å². The van der Waals surface area contributed by atoms with E-state index in [0.29, 0.717) is 12.2 Å². The second-order valence-corrected chi connectivity index (χ2v) is 4.37. The average molecular weight is 238 g/mol. The van der Waals surface area contributed by atoms with E-state index in [1.807, 2.05) is 30.4 Å². The zero-order chi connectivity index (χ0) is 12.6. The molecule has 0 unspecified atom stereocenters. The molecular formula is C17H18O. The van der Waals surface area contributed by atoms with E-state index in [4.69, 9.17) is 0 Å². The van der Waals surface area contributed by atoms with Crippen LogP contribution in [0.25, 0.3) is 0 Å². The maximum absolute atomic E-state index is 9.80. The van der Waals surface area contributed by atoms with Crippen LogP contribution in [0.2, 0.25) is 0 Å². The molecule has 0 saturated heterocycles. The van der Waals surface area contributed by atoms with Crippen LogP contribution in [0.4, 0.5) is 0 Å². The molecular weight excluding hydrogens is 220 g/mol. The minimum atomic E-state index is 0.404. The SMILES string of the molecule is O/C(=C\C=C1/C=CC=CC1)C/C=C1/C=CC=CC1. The highest BCUT2D eigenvalue weighted by Crippen LogP contribution is 2.14. The minimum absolute atomic E-state index is 0.404. The molecule has 0 heterocycles. The smallest absolute Gasteiger partial charge is 0.0960 e. The molecule has 0 radical (unpaired) electrons. The second-order valence-electron chi connectivity index (χ2n) is 4.37. The number of aliphatic hydroxyl groups excluding tert-OH is 1. The van der Waals surface area contributed by atoms with E-state index in [1.54, 1.807) is 6.08 Å². The molecule has 0 fully saturated rings. The molecule has 2 aliphatic rings. The van der Waals surface area contributed by atoms with Crippen LogP contribution >= 0.6 is 0 Å². The molecule has 0 amide bonds. The standard InChI is InChI=1S/C17H18O/c18-17(13-11-15-7-3-1-4-8-15)14-12-16-9-5-2-6-10-16/h1-7,9,11-13,18H,8,10,14H2/b15-11+,16-12-,17-13-. The van der Waals surface area contributed by atoms with Gasteiger partial charge >= 0.3 is 0 Å². The van der Waals surface area contributed by atoms with E-state index in [0.717, 1.165) is 12.8 Å². The molecule has 92 valence electrons. The number of rotatable bonds is 3. The molecule has 0 bridgehead atoms. The van der Waals surface area contributed by atoms with Crippen LogP contribution in [0, 0.1) is 0 Å². The van der Waals surface area contributed by atoms with Gasteiger partial charge in [0.1, 0.15) is 0 Å². The molecule has 1 N–H and O–H groups in total. The van der Waals surface area contributed by atoms with Gasteiger partial charge in [-0.1, -0.05) is 60.8 Å². The highest BCUT2D eigenvalue weighted by Gasteiger charge is 1.96. The van der Waals surface area contributed by atoms with Crippen molar-refractivity contribution in [2.24, 2.45) is 0 Å². The Hall–Kier alpha value is -2.02. The lowest BCUT2D eigenvalue weighted by Crippen LogP contribution is -1.84. The highest BCUT2D eigenvalue weighted by molar-refractivity contribution is 5.33. The van der Waals surface area contributed by atoms with Gasteiger partial charge in [-0.25, -0.2) is 0 Å². The van der Waals surface area contributed by atoms with Crippen molar-refractivity contribution in [2.75, 3.05) is 0 Å². The summed E-state index contributed by atoms with van der Waals surface area (Å²) in [6.07, 6.45) is 24.8. The van der Waals surface area contributed by atoms with Gasteiger partial charge in [0, 0.05) is 6.42 Å². The topological polar surface area (TPSA) is 20.2 Å². The number of allylic oxidation sites excluding steroid dienone is 13. The third-order valence-corrected chi connectivity index (χ3v) is 2.89. The lowest BCUT2D eigenvalue weighted by Gasteiger charge is -2.02. The van der Waals surface area contributed by atoms with Gasteiger partial charge in [0.15, 0.2) is 0 Å². The maximum atomic E-state index is 9.80. The second kappa shape index (κ2) is 6.65. The van der Waals surface area contributed by atoms with E-state index in [2.05, 4.69) is 30.4 Å². The van der Waals surface area contributed by atoms with Gasteiger partial charge in [0.05, 0.1) is 5.76 Å². The van der Waals surface area contributed by atoms with Gasteiger partial charge in [-0.2, -0.15) is 0 Å². The quantitative estimate of drug-likeness (QED) is 0.706. The number of hydrogen-bond acceptors (Lipinski definition) is 1. The first-order valence-electron chi connectivity index (χ1n) is 6.29. The number of hydrogen-bond donors (Lipinski definition) is 1. The fourth-order valence-corrected chi connectivity index (χ4v) is 1.84. The maximum Gasteiger partial charge on any atom is 0.0960 e. The van der Waals surface area contributed by atoms with Crippen LogP contribution in [0.1, 0.15) is 19.3 Å². The number of aliphatic hydroxyl groups is 1. The molecule has 0 spiro atoms. The van der Waals surface area contributed by atoms with Gasteiger partial charge < -0.3 is 5.11 Å². The Balaban J connectivity index is 1.89. The predicted molar refractivity (Wildman–Crippen MR) is 77.3 cm³/mol. The largest absolute Gasteiger partial charge is 0.512 e. The molecule has 0 atom stereocenters. The Morgan fingerprint density at radius 3 is 2.28 bits per heavy atom. The molecule has 1 nitrogen and oxygen atoms in total. The first kappa shape index (κ1) is 12.4. The molecule has 0 saturated carbocycles. The average Bonchev–Trinajstić information content (AvgIpc) is 2.45. The molecule has 0 aliphatic heterocycles. The summed E-state index contributed by atoms with van der Waals surface area (Å²) in [5, 5.41) is 9.80. The Bertz CT molecular complexity index is 494. The van der Waals surface area contributed by atoms with E-state index < -0.39 is 0 Å². The summed E-state index contributed by atoms with van der Waals surface area (Å²) < 4.78 is 0. The Labute approximate surface area is 109 Å². The van der Waals surface area contributed by atoms with E-state index in [-0.39, 0.29) is 0 Å². The van der Waals surface area contributed by atoms with Crippen molar-refractivity contribution in [1.29, 1.82) is 0 Å². The summed E-state index contributed by atoms with van der Waals surface area (Å²) in [4.78, 5) is 0. The summed E-state index contributed by atoms with van der Waals surface area (Å²) in [6, 6.07) is 0. The molecule has 1 heteroatoms. The third-order valence-electron chi connectivity index (χ3n) is 2.89. The highest BCUT2D eigenvalue weighted by atomic mass is 16.3. The van der Waals surface area contributed by atoms with Crippen LogP contribution in [-0.2, 0) is 0 Å². The lowest BCUT2D eigenvalue weighted by atomic mass is 10.1. The fourth-order valence-electron chi connectivity index (χ4n) is 1.84. The first-order chi connectivity index (χ1) is 8.84. The van der Waals surface area contributed by atoms with Gasteiger partial charge in [-0.15, -0.1) is 0 Å². The summed E-state index contributed by atoms with van der Waals surface area (Å²) >= 11 is 0. The molecule has 0 aromatic rings. The zero-order valence-corrected chi connectivity index (χ0v) is 10.4. The summed E-state index contributed by atoms with van der Waals surface area (Å²) in [5.74, 6) is 0.404. The molecule has 2 aliphatic carbocycles. The van der Waals surface area contributed by atoms with Crippen molar-refractivity contribution in [1.82, 2.24) is 0 Å². The van der Waals surface area contributed by atoms with Gasteiger partial charge in [-0.05, 0) is 30.1 Å². The van der Waals surface area contributed by atoms with Crippen LogP contribution < -0.4 is 0 Å². The fraction of sp³-hybridized carbons (Fsp3) is 0.176. The predicted octanol–water partition coefficient (Wildman–Crippen LogP) is 4.70. The van der Waals surface area contributed by atoms with Crippen molar-refractivity contribution < 1.29 is 5.11 Å². The Morgan fingerprint density at radius 2 is 1.67 bits per heavy atom. The third kappa shape index (κ3) is 4.10. The first-order valence-corrected chi connectivity index (χ1v) is 6.29. The van der Waals surface area contributed by atoms with Gasteiger partial charge in [0.2, 0.25) is 0 Å².